The Kier molecular flexibility index (Phi) is 4.29. The van der Waals surface area contributed by atoms with Gasteiger partial charge in [-0.1, -0.05) is 12.8 Å². The second kappa shape index (κ2) is 5.80. The third kappa shape index (κ3) is 3.71. The molecule has 1 aromatic carbocycles. The highest BCUT2D eigenvalue weighted by atomic mass is 32.2. The zero-order valence-corrected chi connectivity index (χ0v) is 12.1. The molecule has 1 aliphatic carbocycles. The SMILES string of the molecule is COC(=O)c1cc(S(N)(=O)=O)ccc1NCCC1CC1. The quantitative estimate of drug-likeness (QED) is 0.772. The lowest BCUT2D eigenvalue weighted by atomic mass is 10.1. The maximum atomic E-state index is 11.7. The average molecular weight is 298 g/mol. The van der Waals surface area contributed by atoms with E-state index in [1.165, 1.54) is 32.1 Å². The van der Waals surface area contributed by atoms with Crippen molar-refractivity contribution in [1.82, 2.24) is 0 Å². The summed E-state index contributed by atoms with van der Waals surface area (Å²) in [6.45, 7) is 0.739. The number of hydrogen-bond donors (Lipinski definition) is 2. The van der Waals surface area contributed by atoms with Crippen molar-refractivity contribution in [1.29, 1.82) is 0 Å². The molecular formula is C13H18N2O4S. The first-order valence-electron chi connectivity index (χ1n) is 6.41. The topological polar surface area (TPSA) is 98.5 Å². The van der Waals surface area contributed by atoms with Crippen molar-refractivity contribution in [3.8, 4) is 0 Å². The summed E-state index contributed by atoms with van der Waals surface area (Å²) in [5, 5.41) is 8.21. The van der Waals surface area contributed by atoms with Crippen molar-refractivity contribution in [2.45, 2.75) is 24.2 Å². The summed E-state index contributed by atoms with van der Waals surface area (Å²) < 4.78 is 27.3. The molecule has 0 heterocycles. The van der Waals surface area contributed by atoms with Crippen molar-refractivity contribution in [3.05, 3.63) is 23.8 Å². The first kappa shape index (κ1) is 14.8. The predicted molar refractivity (Wildman–Crippen MR) is 75.0 cm³/mol. The Labute approximate surface area is 118 Å². The van der Waals surface area contributed by atoms with Crippen LogP contribution in [0, 0.1) is 5.92 Å². The number of esters is 1. The molecule has 2 rings (SSSR count). The van der Waals surface area contributed by atoms with Crippen molar-refractivity contribution in [3.63, 3.8) is 0 Å². The van der Waals surface area contributed by atoms with Crippen molar-refractivity contribution >= 4 is 21.7 Å². The first-order chi connectivity index (χ1) is 9.41. The van der Waals surface area contributed by atoms with E-state index in [1.807, 2.05) is 0 Å². The number of hydrogen-bond acceptors (Lipinski definition) is 5. The highest BCUT2D eigenvalue weighted by Gasteiger charge is 2.21. The molecule has 1 aromatic rings. The largest absolute Gasteiger partial charge is 0.465 e. The third-order valence-corrected chi connectivity index (χ3v) is 4.20. The molecular weight excluding hydrogens is 280 g/mol. The maximum absolute atomic E-state index is 11.7. The monoisotopic (exact) mass is 298 g/mol. The molecule has 1 saturated carbocycles. The standard InChI is InChI=1S/C13H18N2O4S/c1-19-13(16)11-8-10(20(14,17)18)4-5-12(11)15-7-6-9-2-3-9/h4-5,8-9,15H,2-3,6-7H2,1H3,(H2,14,17,18). The smallest absolute Gasteiger partial charge is 0.340 e. The van der Waals surface area contributed by atoms with Crippen LogP contribution in [0.1, 0.15) is 29.6 Å². The van der Waals surface area contributed by atoms with Gasteiger partial charge in [-0.15, -0.1) is 0 Å². The molecule has 0 unspecified atom stereocenters. The lowest BCUT2D eigenvalue weighted by Gasteiger charge is -2.11. The Balaban J connectivity index is 2.22. The van der Waals surface area contributed by atoms with Gasteiger partial charge in [0, 0.05) is 12.2 Å². The van der Waals surface area contributed by atoms with E-state index in [0.717, 1.165) is 18.9 Å². The van der Waals surface area contributed by atoms with E-state index < -0.39 is 16.0 Å². The zero-order valence-electron chi connectivity index (χ0n) is 11.3. The minimum Gasteiger partial charge on any atom is -0.465 e. The van der Waals surface area contributed by atoms with Crippen molar-refractivity contribution in [2.24, 2.45) is 11.1 Å². The van der Waals surface area contributed by atoms with E-state index in [0.29, 0.717) is 5.69 Å². The Morgan fingerprint density at radius 1 is 1.45 bits per heavy atom. The molecule has 0 radical (unpaired) electrons. The third-order valence-electron chi connectivity index (χ3n) is 3.29. The van der Waals surface area contributed by atoms with Crippen LogP contribution in [0.25, 0.3) is 0 Å². The van der Waals surface area contributed by atoms with Crippen LogP contribution in [0.4, 0.5) is 5.69 Å². The Bertz CT molecular complexity index is 609. The van der Waals surface area contributed by atoms with Gasteiger partial charge in [0.25, 0.3) is 0 Å². The van der Waals surface area contributed by atoms with Crippen LogP contribution in [0.2, 0.25) is 0 Å². The number of sulfonamides is 1. The van der Waals surface area contributed by atoms with Crippen LogP contribution in [0.5, 0.6) is 0 Å². The number of nitrogens with two attached hydrogens (primary N) is 1. The molecule has 1 aliphatic rings. The van der Waals surface area contributed by atoms with Gasteiger partial charge in [-0.25, -0.2) is 18.4 Å². The van der Waals surface area contributed by atoms with Crippen LogP contribution in [-0.2, 0) is 14.8 Å². The van der Waals surface area contributed by atoms with Crippen LogP contribution < -0.4 is 10.5 Å². The predicted octanol–water partition coefficient (Wildman–Crippen LogP) is 1.33. The molecule has 0 aromatic heterocycles. The number of carbonyl (C=O) groups is 1. The molecule has 0 aliphatic heterocycles. The van der Waals surface area contributed by atoms with Gasteiger partial charge in [-0.3, -0.25) is 0 Å². The lowest BCUT2D eigenvalue weighted by Crippen LogP contribution is -2.15. The number of rotatable bonds is 6. The molecule has 7 heteroatoms. The number of anilines is 1. The van der Waals surface area contributed by atoms with E-state index in [1.54, 1.807) is 6.07 Å². The van der Waals surface area contributed by atoms with Gasteiger partial charge in [-0.05, 0) is 30.5 Å². The number of ether oxygens (including phenoxy) is 1. The average Bonchev–Trinajstić information content (AvgIpc) is 3.21. The maximum Gasteiger partial charge on any atom is 0.340 e. The van der Waals surface area contributed by atoms with Gasteiger partial charge in [0.1, 0.15) is 0 Å². The highest BCUT2D eigenvalue weighted by Crippen LogP contribution is 2.32. The van der Waals surface area contributed by atoms with Gasteiger partial charge >= 0.3 is 5.97 Å². The fraction of sp³-hybridized carbons (Fsp3) is 0.462. The number of primary sulfonamides is 1. The number of benzene rings is 1. The summed E-state index contributed by atoms with van der Waals surface area (Å²) in [6, 6.07) is 4.15. The molecule has 110 valence electrons. The summed E-state index contributed by atoms with van der Waals surface area (Å²) in [5.74, 6) is 0.178. The Hall–Kier alpha value is -1.60. The normalized spacial score (nSPS) is 14.9. The highest BCUT2D eigenvalue weighted by molar-refractivity contribution is 7.89. The van der Waals surface area contributed by atoms with Crippen LogP contribution >= 0.6 is 0 Å². The lowest BCUT2D eigenvalue weighted by molar-refractivity contribution is 0.0601. The fourth-order valence-electron chi connectivity index (χ4n) is 1.95. The Morgan fingerprint density at radius 3 is 2.70 bits per heavy atom. The Morgan fingerprint density at radius 2 is 2.15 bits per heavy atom. The minimum absolute atomic E-state index is 0.106. The van der Waals surface area contributed by atoms with E-state index in [4.69, 9.17) is 5.14 Å². The van der Waals surface area contributed by atoms with Gasteiger partial charge in [-0.2, -0.15) is 0 Å². The van der Waals surface area contributed by atoms with Crippen molar-refractivity contribution < 1.29 is 17.9 Å². The molecule has 0 bridgehead atoms. The van der Waals surface area contributed by atoms with E-state index >= 15 is 0 Å². The van der Waals surface area contributed by atoms with Gasteiger partial charge in [0.2, 0.25) is 10.0 Å². The molecule has 20 heavy (non-hydrogen) atoms. The number of methoxy groups -OCH3 is 1. The van der Waals surface area contributed by atoms with E-state index in [2.05, 4.69) is 10.1 Å². The van der Waals surface area contributed by atoms with Gasteiger partial charge in [0.15, 0.2) is 0 Å². The fourth-order valence-corrected chi connectivity index (χ4v) is 2.49. The summed E-state index contributed by atoms with van der Waals surface area (Å²) in [5.41, 5.74) is 0.736. The van der Waals surface area contributed by atoms with Crippen molar-refractivity contribution in [2.75, 3.05) is 19.0 Å². The summed E-state index contributed by atoms with van der Waals surface area (Å²) >= 11 is 0. The summed E-state index contributed by atoms with van der Waals surface area (Å²) in [6.07, 6.45) is 3.56. The number of carbonyl (C=O) groups excluding carboxylic acids is 1. The second-order valence-corrected chi connectivity index (χ2v) is 6.46. The summed E-state index contributed by atoms with van der Waals surface area (Å²) in [7, 11) is -2.59. The molecule has 0 saturated heterocycles. The van der Waals surface area contributed by atoms with Gasteiger partial charge < -0.3 is 10.1 Å². The molecule has 1 fully saturated rings. The van der Waals surface area contributed by atoms with E-state index in [9.17, 15) is 13.2 Å². The molecule has 0 amide bonds. The molecule has 3 N–H and O–H groups in total. The van der Waals surface area contributed by atoms with Crippen LogP contribution in [0.15, 0.2) is 23.1 Å². The molecule has 0 spiro atoms. The van der Waals surface area contributed by atoms with E-state index in [-0.39, 0.29) is 10.5 Å². The molecule has 0 atom stereocenters. The second-order valence-electron chi connectivity index (χ2n) is 4.90. The van der Waals surface area contributed by atoms with Crippen LogP contribution in [0.3, 0.4) is 0 Å². The molecule has 6 nitrogen and oxygen atoms in total. The summed E-state index contributed by atoms with van der Waals surface area (Å²) in [4.78, 5) is 11.6. The first-order valence-corrected chi connectivity index (χ1v) is 7.95. The zero-order chi connectivity index (χ0) is 14.8. The minimum atomic E-state index is -3.84. The van der Waals surface area contributed by atoms with Crippen LogP contribution in [-0.4, -0.2) is 28.0 Å². The van der Waals surface area contributed by atoms with Gasteiger partial charge in [0.05, 0.1) is 17.6 Å². The number of nitrogens with one attached hydrogen (secondary N) is 1.